The summed E-state index contributed by atoms with van der Waals surface area (Å²) in [6, 6.07) is 5.36. The van der Waals surface area contributed by atoms with Gasteiger partial charge in [-0.05, 0) is 53.1 Å². The molecule has 1 N–H and O–H groups in total. The molecule has 100 valence electrons. The summed E-state index contributed by atoms with van der Waals surface area (Å²) in [5, 5.41) is 4.54. The smallest absolute Gasteiger partial charge is 0.252 e. The predicted octanol–water partition coefficient (Wildman–Crippen LogP) is 4.49. The van der Waals surface area contributed by atoms with Crippen LogP contribution in [0.2, 0.25) is 5.02 Å². The monoisotopic (exact) mass is 443 g/mol. The molecule has 1 aromatic rings. The molecule has 1 rings (SSSR count). The maximum absolute atomic E-state index is 12.1. The number of nitrogens with one attached hydrogen (secondary N) is 1. The Hall–Kier alpha value is 0.190. The topological polar surface area (TPSA) is 29.1 Å². The van der Waals surface area contributed by atoms with E-state index in [0.29, 0.717) is 23.0 Å². The van der Waals surface area contributed by atoms with Crippen LogP contribution >= 0.6 is 50.1 Å². The van der Waals surface area contributed by atoms with Gasteiger partial charge >= 0.3 is 0 Å². The van der Waals surface area contributed by atoms with Gasteiger partial charge in [0.25, 0.3) is 5.91 Å². The Balaban J connectivity index is 2.62. The molecule has 2 nitrogen and oxygen atoms in total. The molecule has 0 aromatic heterocycles. The third-order valence-corrected chi connectivity index (χ3v) is 4.45. The molecule has 0 heterocycles. The molecule has 1 unspecified atom stereocenters. The molecular weight excluding hydrogens is 428 g/mol. The fraction of sp³-hybridized carbons (Fsp3) is 0.462. The highest BCUT2D eigenvalue weighted by molar-refractivity contribution is 14.1. The van der Waals surface area contributed by atoms with Gasteiger partial charge in [0.15, 0.2) is 0 Å². The molecule has 0 aliphatic carbocycles. The lowest BCUT2D eigenvalue weighted by molar-refractivity contribution is 0.0945. The fourth-order valence-corrected chi connectivity index (χ4v) is 3.01. The van der Waals surface area contributed by atoms with Gasteiger partial charge in [0.05, 0.1) is 5.56 Å². The number of hydrogen-bond donors (Lipinski definition) is 1. The second-order valence-corrected chi connectivity index (χ2v) is 6.48. The molecule has 0 radical (unpaired) electrons. The first-order valence-electron chi connectivity index (χ1n) is 5.87. The largest absolute Gasteiger partial charge is 0.352 e. The molecule has 0 aliphatic heterocycles. The fourth-order valence-electron chi connectivity index (χ4n) is 1.61. The molecule has 0 bridgehead atoms. The highest BCUT2D eigenvalue weighted by Gasteiger charge is 2.12. The average Bonchev–Trinajstić information content (AvgIpc) is 2.37. The summed E-state index contributed by atoms with van der Waals surface area (Å²) >= 11 is 11.5. The minimum atomic E-state index is -0.0464. The Bertz CT molecular complexity index is 414. The van der Waals surface area contributed by atoms with Crippen LogP contribution in [0.5, 0.6) is 0 Å². The molecule has 0 saturated heterocycles. The van der Waals surface area contributed by atoms with Gasteiger partial charge in [0.2, 0.25) is 0 Å². The minimum Gasteiger partial charge on any atom is -0.352 e. The average molecular weight is 445 g/mol. The van der Waals surface area contributed by atoms with E-state index in [0.717, 1.165) is 21.7 Å². The molecule has 1 atom stereocenters. The van der Waals surface area contributed by atoms with E-state index in [1.54, 1.807) is 12.1 Å². The van der Waals surface area contributed by atoms with Crippen molar-refractivity contribution in [2.45, 2.75) is 19.8 Å². The number of carbonyl (C=O) groups excluding carboxylic acids is 1. The summed E-state index contributed by atoms with van der Waals surface area (Å²) in [6.07, 6.45) is 2.14. The van der Waals surface area contributed by atoms with E-state index >= 15 is 0 Å². The Morgan fingerprint density at radius 2 is 2.28 bits per heavy atom. The number of rotatable bonds is 6. The zero-order chi connectivity index (χ0) is 13.5. The molecular formula is C13H16BrClINO. The Labute approximate surface area is 135 Å². The number of carbonyl (C=O) groups is 1. The Morgan fingerprint density at radius 3 is 2.89 bits per heavy atom. The van der Waals surface area contributed by atoms with E-state index in [-0.39, 0.29) is 5.91 Å². The summed E-state index contributed by atoms with van der Waals surface area (Å²) in [7, 11) is 0. The first kappa shape index (κ1) is 16.2. The van der Waals surface area contributed by atoms with Crippen molar-refractivity contribution in [1.82, 2.24) is 5.32 Å². The lowest BCUT2D eigenvalue weighted by Crippen LogP contribution is -2.29. The van der Waals surface area contributed by atoms with Gasteiger partial charge in [-0.3, -0.25) is 4.79 Å². The number of halogens is 3. The highest BCUT2D eigenvalue weighted by Crippen LogP contribution is 2.18. The second kappa shape index (κ2) is 8.38. The lowest BCUT2D eigenvalue weighted by Gasteiger charge is -2.14. The van der Waals surface area contributed by atoms with Gasteiger partial charge in [-0.15, -0.1) is 0 Å². The lowest BCUT2D eigenvalue weighted by atomic mass is 10.0. The van der Waals surface area contributed by atoms with Crippen LogP contribution in [0.25, 0.3) is 0 Å². The van der Waals surface area contributed by atoms with Crippen LogP contribution in [0.15, 0.2) is 18.2 Å². The third kappa shape index (κ3) is 5.05. The molecule has 5 heteroatoms. The van der Waals surface area contributed by atoms with Crippen LogP contribution < -0.4 is 5.32 Å². The van der Waals surface area contributed by atoms with Crippen molar-refractivity contribution in [3.05, 3.63) is 32.4 Å². The predicted molar refractivity (Wildman–Crippen MR) is 88.7 cm³/mol. The molecule has 0 aliphatic rings. The maximum atomic E-state index is 12.1. The van der Waals surface area contributed by atoms with Crippen molar-refractivity contribution in [1.29, 1.82) is 0 Å². The zero-order valence-corrected chi connectivity index (χ0v) is 14.7. The summed E-state index contributed by atoms with van der Waals surface area (Å²) < 4.78 is 0.919. The molecule has 0 fully saturated rings. The van der Waals surface area contributed by atoms with Gasteiger partial charge in [-0.1, -0.05) is 40.9 Å². The van der Waals surface area contributed by atoms with Crippen molar-refractivity contribution in [2.75, 3.05) is 11.9 Å². The molecule has 18 heavy (non-hydrogen) atoms. The van der Waals surface area contributed by atoms with Crippen molar-refractivity contribution < 1.29 is 4.79 Å². The summed E-state index contributed by atoms with van der Waals surface area (Å²) in [4.78, 5) is 12.1. The first-order valence-corrected chi connectivity index (χ1v) is 8.45. The van der Waals surface area contributed by atoms with Crippen LogP contribution in [0, 0.1) is 9.49 Å². The second-order valence-electron chi connectivity index (χ2n) is 4.09. The van der Waals surface area contributed by atoms with Crippen LogP contribution in [-0.2, 0) is 0 Å². The summed E-state index contributed by atoms with van der Waals surface area (Å²) in [6.45, 7) is 2.85. The zero-order valence-electron chi connectivity index (χ0n) is 10.2. The molecule has 0 saturated carbocycles. The van der Waals surface area contributed by atoms with Crippen LogP contribution in [-0.4, -0.2) is 17.8 Å². The standard InChI is InChI=1S/C13H16BrClINO/c1-2-9(5-6-14)8-17-13(18)11-7-10(15)3-4-12(11)16/h3-4,7,9H,2,5-6,8H2,1H3,(H,17,18). The van der Waals surface area contributed by atoms with Crippen molar-refractivity contribution >= 4 is 56.0 Å². The molecule has 0 spiro atoms. The van der Waals surface area contributed by atoms with Crippen molar-refractivity contribution in [3.8, 4) is 0 Å². The summed E-state index contributed by atoms with van der Waals surface area (Å²) in [5.41, 5.74) is 0.650. The summed E-state index contributed by atoms with van der Waals surface area (Å²) in [5.74, 6) is 0.472. The van der Waals surface area contributed by atoms with E-state index in [9.17, 15) is 4.79 Å². The maximum Gasteiger partial charge on any atom is 0.252 e. The highest BCUT2D eigenvalue weighted by atomic mass is 127. The van der Waals surface area contributed by atoms with Crippen LogP contribution in [0.3, 0.4) is 0 Å². The van der Waals surface area contributed by atoms with Crippen molar-refractivity contribution in [2.24, 2.45) is 5.92 Å². The van der Waals surface area contributed by atoms with E-state index in [1.165, 1.54) is 0 Å². The van der Waals surface area contributed by atoms with E-state index < -0.39 is 0 Å². The van der Waals surface area contributed by atoms with Gasteiger partial charge < -0.3 is 5.32 Å². The van der Waals surface area contributed by atoms with E-state index in [2.05, 4.69) is 50.8 Å². The van der Waals surface area contributed by atoms with E-state index in [1.807, 2.05) is 6.07 Å². The Morgan fingerprint density at radius 1 is 1.56 bits per heavy atom. The minimum absolute atomic E-state index is 0.0464. The first-order chi connectivity index (χ1) is 8.58. The normalized spacial score (nSPS) is 12.2. The van der Waals surface area contributed by atoms with Crippen molar-refractivity contribution in [3.63, 3.8) is 0 Å². The Kier molecular flexibility index (Phi) is 7.56. The van der Waals surface area contributed by atoms with E-state index in [4.69, 9.17) is 11.6 Å². The molecule has 1 amide bonds. The number of alkyl halides is 1. The quantitative estimate of drug-likeness (QED) is 0.509. The van der Waals surface area contributed by atoms with Crippen LogP contribution in [0.4, 0.5) is 0 Å². The van der Waals surface area contributed by atoms with Gasteiger partial charge in [-0.2, -0.15) is 0 Å². The van der Waals surface area contributed by atoms with Crippen LogP contribution in [0.1, 0.15) is 30.1 Å². The third-order valence-electron chi connectivity index (χ3n) is 2.82. The van der Waals surface area contributed by atoms with Gasteiger partial charge in [0, 0.05) is 20.5 Å². The number of benzene rings is 1. The number of amides is 1. The van der Waals surface area contributed by atoms with Gasteiger partial charge in [-0.25, -0.2) is 0 Å². The number of hydrogen-bond acceptors (Lipinski definition) is 1. The van der Waals surface area contributed by atoms with Gasteiger partial charge in [0.1, 0.15) is 0 Å². The molecule has 1 aromatic carbocycles. The SMILES string of the molecule is CCC(CCBr)CNC(=O)c1cc(Cl)ccc1I.